The first-order chi connectivity index (χ1) is 17.6. The van der Waals surface area contributed by atoms with Gasteiger partial charge in [-0.05, 0) is 87.4 Å². The van der Waals surface area contributed by atoms with Crippen molar-refractivity contribution in [1.82, 2.24) is 0 Å². The lowest BCUT2D eigenvalue weighted by Gasteiger charge is -2.43. The zero-order valence-corrected chi connectivity index (χ0v) is 24.0. The monoisotopic (exact) mass is 510 g/mol. The molecule has 212 valence electrons. The Labute approximate surface area is 223 Å². The second-order valence-electron chi connectivity index (χ2n) is 13.0. The van der Waals surface area contributed by atoms with E-state index in [0.717, 1.165) is 49.9 Å². The molecule has 0 bridgehead atoms. The van der Waals surface area contributed by atoms with Crippen molar-refractivity contribution in [2.75, 3.05) is 6.61 Å². The van der Waals surface area contributed by atoms with Crippen LogP contribution in [0.25, 0.3) is 0 Å². The molecule has 0 amide bonds. The Morgan fingerprint density at radius 2 is 1.06 bits per heavy atom. The van der Waals surface area contributed by atoms with Gasteiger partial charge in [0, 0.05) is 6.61 Å². The number of ether oxygens (including phenoxy) is 1. The predicted octanol–water partition coefficient (Wildman–Crippen LogP) is 10.8. The Kier molecular flexibility index (Phi) is 14.7. The molecule has 3 aliphatic rings. The molecule has 4 atom stereocenters. The van der Waals surface area contributed by atoms with Gasteiger partial charge in [-0.15, -0.1) is 0 Å². The highest BCUT2D eigenvalue weighted by molar-refractivity contribution is 4.94. The Hall–Kier alpha value is -0.180. The minimum Gasteiger partial charge on any atom is -0.375 e. The van der Waals surface area contributed by atoms with E-state index in [-0.39, 0.29) is 5.92 Å². The molecule has 0 spiro atoms. The fourth-order valence-corrected chi connectivity index (χ4v) is 7.93. The SMILES string of the molecule is CCCCCCCCOC1CCC(C2CCC(C3CCC(CCCCCCC)CC3)CC2)C(F)C1F. The quantitative estimate of drug-likeness (QED) is 0.188. The van der Waals surface area contributed by atoms with Gasteiger partial charge in [0.1, 0.15) is 6.17 Å². The lowest BCUT2D eigenvalue weighted by Crippen LogP contribution is -2.46. The molecule has 36 heavy (non-hydrogen) atoms. The molecule has 0 aromatic carbocycles. The molecule has 0 aromatic heterocycles. The van der Waals surface area contributed by atoms with E-state index in [1.165, 1.54) is 103 Å². The molecule has 3 fully saturated rings. The highest BCUT2D eigenvalue weighted by Gasteiger charge is 2.45. The second-order valence-corrected chi connectivity index (χ2v) is 13.0. The van der Waals surface area contributed by atoms with Crippen LogP contribution < -0.4 is 0 Å². The van der Waals surface area contributed by atoms with Crippen LogP contribution in [0.1, 0.15) is 155 Å². The molecule has 0 saturated heterocycles. The first-order valence-electron chi connectivity index (χ1n) is 16.5. The number of unbranched alkanes of at least 4 members (excludes halogenated alkanes) is 9. The van der Waals surface area contributed by atoms with Gasteiger partial charge < -0.3 is 4.74 Å². The number of rotatable bonds is 16. The van der Waals surface area contributed by atoms with E-state index in [2.05, 4.69) is 13.8 Å². The maximum Gasteiger partial charge on any atom is 0.157 e. The summed E-state index contributed by atoms with van der Waals surface area (Å²) in [5.74, 6) is 3.06. The minimum absolute atomic E-state index is 0.0710. The summed E-state index contributed by atoms with van der Waals surface area (Å²) in [4.78, 5) is 0. The van der Waals surface area contributed by atoms with Crippen molar-refractivity contribution in [2.24, 2.45) is 29.6 Å². The van der Waals surface area contributed by atoms with Crippen LogP contribution in [0.2, 0.25) is 0 Å². The van der Waals surface area contributed by atoms with Crippen molar-refractivity contribution in [3.8, 4) is 0 Å². The largest absolute Gasteiger partial charge is 0.375 e. The fraction of sp³-hybridized carbons (Fsp3) is 1.00. The van der Waals surface area contributed by atoms with Crippen LogP contribution in [-0.4, -0.2) is 25.1 Å². The summed E-state index contributed by atoms with van der Waals surface area (Å²) in [6.07, 6.45) is 24.5. The predicted molar refractivity (Wildman–Crippen MR) is 150 cm³/mol. The molecule has 0 N–H and O–H groups in total. The number of hydrogen-bond donors (Lipinski definition) is 0. The number of hydrogen-bond acceptors (Lipinski definition) is 1. The summed E-state index contributed by atoms with van der Waals surface area (Å²) in [5.41, 5.74) is 0. The Balaban J connectivity index is 1.29. The molecular formula is C33H60F2O. The molecule has 4 unspecified atom stereocenters. The third-order valence-corrected chi connectivity index (χ3v) is 10.4. The standard InChI is InChI=1S/C33H60F2O/c1-3-5-7-9-11-13-25-36-31-24-23-30(32(34)33(31)35)29-21-19-28(20-22-29)27-17-15-26(16-18-27)14-12-10-8-6-4-2/h26-33H,3-25H2,1-2H3. The van der Waals surface area contributed by atoms with Crippen LogP contribution in [0.15, 0.2) is 0 Å². The molecule has 0 radical (unpaired) electrons. The number of halogens is 2. The maximum absolute atomic E-state index is 15.2. The highest BCUT2D eigenvalue weighted by Crippen LogP contribution is 2.47. The lowest BCUT2D eigenvalue weighted by atomic mass is 9.65. The number of alkyl halides is 2. The van der Waals surface area contributed by atoms with Crippen molar-refractivity contribution >= 4 is 0 Å². The molecule has 0 aliphatic heterocycles. The van der Waals surface area contributed by atoms with Crippen LogP contribution in [0, 0.1) is 29.6 Å². The smallest absolute Gasteiger partial charge is 0.157 e. The van der Waals surface area contributed by atoms with E-state index < -0.39 is 18.4 Å². The van der Waals surface area contributed by atoms with Crippen LogP contribution >= 0.6 is 0 Å². The zero-order valence-electron chi connectivity index (χ0n) is 24.0. The molecular weight excluding hydrogens is 450 g/mol. The highest BCUT2D eigenvalue weighted by atomic mass is 19.2. The van der Waals surface area contributed by atoms with Gasteiger partial charge in [0.15, 0.2) is 6.17 Å². The summed E-state index contributed by atoms with van der Waals surface area (Å²) >= 11 is 0. The molecule has 3 rings (SSSR count). The van der Waals surface area contributed by atoms with Crippen molar-refractivity contribution in [2.45, 2.75) is 174 Å². The van der Waals surface area contributed by atoms with Gasteiger partial charge in [-0.25, -0.2) is 8.78 Å². The van der Waals surface area contributed by atoms with E-state index in [9.17, 15) is 4.39 Å². The van der Waals surface area contributed by atoms with E-state index >= 15 is 4.39 Å². The first-order valence-corrected chi connectivity index (χ1v) is 16.5. The van der Waals surface area contributed by atoms with Gasteiger partial charge in [-0.2, -0.15) is 0 Å². The molecule has 3 saturated carbocycles. The summed E-state index contributed by atoms with van der Waals surface area (Å²) in [6.45, 7) is 5.11. The van der Waals surface area contributed by atoms with Gasteiger partial charge in [-0.3, -0.25) is 0 Å². The maximum atomic E-state index is 15.2. The topological polar surface area (TPSA) is 9.23 Å². The normalized spacial score (nSPS) is 35.7. The van der Waals surface area contributed by atoms with E-state index in [4.69, 9.17) is 4.74 Å². The van der Waals surface area contributed by atoms with Crippen LogP contribution in [0.5, 0.6) is 0 Å². The van der Waals surface area contributed by atoms with Gasteiger partial charge >= 0.3 is 0 Å². The van der Waals surface area contributed by atoms with Gasteiger partial charge in [0.2, 0.25) is 0 Å². The average molecular weight is 511 g/mol. The Bertz CT molecular complexity index is 538. The average Bonchev–Trinajstić information content (AvgIpc) is 2.91. The summed E-state index contributed by atoms with van der Waals surface area (Å²) in [6, 6.07) is 0. The zero-order chi connectivity index (χ0) is 25.6. The van der Waals surface area contributed by atoms with E-state index in [0.29, 0.717) is 18.9 Å². The van der Waals surface area contributed by atoms with Crippen molar-refractivity contribution < 1.29 is 13.5 Å². The molecule has 1 nitrogen and oxygen atoms in total. The fourth-order valence-electron chi connectivity index (χ4n) is 7.93. The molecule has 0 aromatic rings. The van der Waals surface area contributed by atoms with Crippen LogP contribution in [0.4, 0.5) is 8.78 Å². The van der Waals surface area contributed by atoms with E-state index in [1.807, 2.05) is 0 Å². The summed E-state index contributed by atoms with van der Waals surface area (Å²) in [5, 5.41) is 0. The molecule has 0 heterocycles. The van der Waals surface area contributed by atoms with Crippen molar-refractivity contribution in [3.05, 3.63) is 0 Å². The van der Waals surface area contributed by atoms with Crippen molar-refractivity contribution in [3.63, 3.8) is 0 Å². The van der Waals surface area contributed by atoms with Gasteiger partial charge in [-0.1, -0.05) is 97.3 Å². The van der Waals surface area contributed by atoms with Gasteiger partial charge in [0.05, 0.1) is 6.10 Å². The van der Waals surface area contributed by atoms with E-state index in [1.54, 1.807) is 0 Å². The third kappa shape index (κ3) is 9.85. The van der Waals surface area contributed by atoms with Crippen LogP contribution in [0.3, 0.4) is 0 Å². The molecule has 3 heteroatoms. The van der Waals surface area contributed by atoms with Gasteiger partial charge in [0.25, 0.3) is 0 Å². The van der Waals surface area contributed by atoms with Crippen molar-refractivity contribution in [1.29, 1.82) is 0 Å². The van der Waals surface area contributed by atoms with Crippen LogP contribution in [-0.2, 0) is 4.74 Å². The Morgan fingerprint density at radius 3 is 1.69 bits per heavy atom. The Morgan fingerprint density at radius 1 is 0.528 bits per heavy atom. The first kappa shape index (κ1) is 30.4. The second kappa shape index (κ2) is 17.4. The lowest BCUT2D eigenvalue weighted by molar-refractivity contribution is -0.0887. The summed E-state index contributed by atoms with van der Waals surface area (Å²) < 4.78 is 36.0. The third-order valence-electron chi connectivity index (χ3n) is 10.4. The molecule has 3 aliphatic carbocycles. The summed E-state index contributed by atoms with van der Waals surface area (Å²) in [7, 11) is 0. The minimum atomic E-state index is -1.42.